The van der Waals surface area contributed by atoms with E-state index in [-0.39, 0.29) is 23.8 Å². The van der Waals surface area contributed by atoms with Crippen molar-refractivity contribution in [3.8, 4) is 5.75 Å². The number of sulfonamides is 1. The largest absolute Gasteiger partial charge is 0.489 e. The van der Waals surface area contributed by atoms with Gasteiger partial charge in [0.25, 0.3) is 10.0 Å². The van der Waals surface area contributed by atoms with Crippen molar-refractivity contribution in [1.82, 2.24) is 0 Å². The molecule has 4 rings (SSSR count). The number of hydrogen-bond acceptors (Lipinski definition) is 4. The highest BCUT2D eigenvalue weighted by atomic mass is 32.2. The van der Waals surface area contributed by atoms with Gasteiger partial charge in [0.15, 0.2) is 0 Å². The molecule has 0 spiro atoms. The predicted molar refractivity (Wildman–Crippen MR) is 94.8 cm³/mol. The summed E-state index contributed by atoms with van der Waals surface area (Å²) in [4.78, 5) is 13.6. The minimum Gasteiger partial charge on any atom is -0.489 e. The zero-order chi connectivity index (χ0) is 17.8. The number of carbonyl (C=O) groups is 1. The monoisotopic (exact) mass is 358 g/mol. The molecule has 130 valence electrons. The standard InChI is InChI=1S/C18H18N2O4S/c1-12-3-6-17-16(9-12)20(7-8-24-17)25(22,23)14-4-5-15-13(10-14)11-18(21)19(15)2/h3-6,9-10H,7-8,11H2,1-2H3. The number of aryl methyl sites for hydroxylation is 1. The van der Waals surface area contributed by atoms with Gasteiger partial charge in [-0.1, -0.05) is 6.07 Å². The Balaban J connectivity index is 1.79. The van der Waals surface area contributed by atoms with Crippen molar-refractivity contribution in [3.05, 3.63) is 47.5 Å². The SMILES string of the molecule is Cc1ccc2c(c1)N(S(=O)(=O)c1ccc3c(c1)CC(=O)N3C)CCO2. The summed E-state index contributed by atoms with van der Waals surface area (Å²) in [6.07, 6.45) is 0.230. The Hall–Kier alpha value is -2.54. The molecule has 2 aromatic rings. The smallest absolute Gasteiger partial charge is 0.264 e. The van der Waals surface area contributed by atoms with E-state index in [4.69, 9.17) is 4.74 Å². The Bertz CT molecular complexity index is 985. The molecule has 0 atom stereocenters. The molecule has 1 amide bonds. The highest BCUT2D eigenvalue weighted by Gasteiger charge is 2.32. The molecule has 2 aliphatic heterocycles. The lowest BCUT2D eigenvalue weighted by Gasteiger charge is -2.30. The van der Waals surface area contributed by atoms with Crippen LogP contribution in [0.3, 0.4) is 0 Å². The van der Waals surface area contributed by atoms with Crippen LogP contribution in [0.1, 0.15) is 11.1 Å². The average Bonchev–Trinajstić information content (AvgIpc) is 2.88. The van der Waals surface area contributed by atoms with E-state index in [1.165, 1.54) is 4.31 Å². The van der Waals surface area contributed by atoms with Crippen molar-refractivity contribution in [2.75, 3.05) is 29.4 Å². The minimum atomic E-state index is -3.73. The van der Waals surface area contributed by atoms with Gasteiger partial charge in [-0.25, -0.2) is 8.42 Å². The Morgan fingerprint density at radius 2 is 1.88 bits per heavy atom. The van der Waals surface area contributed by atoms with Gasteiger partial charge in [-0.3, -0.25) is 9.10 Å². The Morgan fingerprint density at radius 3 is 2.68 bits per heavy atom. The van der Waals surface area contributed by atoms with Crippen molar-refractivity contribution >= 4 is 27.3 Å². The van der Waals surface area contributed by atoms with Crippen LogP contribution in [0.4, 0.5) is 11.4 Å². The first-order chi connectivity index (χ1) is 11.9. The first kappa shape index (κ1) is 16.0. The van der Waals surface area contributed by atoms with E-state index in [0.29, 0.717) is 18.0 Å². The highest BCUT2D eigenvalue weighted by Crippen LogP contribution is 2.37. The molecule has 25 heavy (non-hydrogen) atoms. The van der Waals surface area contributed by atoms with Crippen molar-refractivity contribution < 1.29 is 17.9 Å². The predicted octanol–water partition coefficient (Wildman–Crippen LogP) is 2.10. The van der Waals surface area contributed by atoms with Crippen LogP contribution in [0.25, 0.3) is 0 Å². The number of ether oxygens (including phenoxy) is 1. The molecular formula is C18H18N2O4S. The van der Waals surface area contributed by atoms with Gasteiger partial charge in [0.05, 0.1) is 23.5 Å². The van der Waals surface area contributed by atoms with Crippen LogP contribution in [-0.4, -0.2) is 34.5 Å². The van der Waals surface area contributed by atoms with Crippen molar-refractivity contribution in [1.29, 1.82) is 0 Å². The highest BCUT2D eigenvalue weighted by molar-refractivity contribution is 7.92. The van der Waals surface area contributed by atoms with E-state index in [9.17, 15) is 13.2 Å². The van der Waals surface area contributed by atoms with Crippen LogP contribution in [0.15, 0.2) is 41.3 Å². The maximum Gasteiger partial charge on any atom is 0.264 e. The summed E-state index contributed by atoms with van der Waals surface area (Å²) >= 11 is 0. The second kappa shape index (κ2) is 5.49. The van der Waals surface area contributed by atoms with Gasteiger partial charge >= 0.3 is 0 Å². The summed E-state index contributed by atoms with van der Waals surface area (Å²) < 4.78 is 33.4. The first-order valence-electron chi connectivity index (χ1n) is 8.03. The molecule has 0 bridgehead atoms. The minimum absolute atomic E-state index is 0.0307. The number of nitrogens with zero attached hydrogens (tertiary/aromatic N) is 2. The second-order valence-corrected chi connectivity index (χ2v) is 8.18. The molecule has 0 fully saturated rings. The lowest BCUT2D eigenvalue weighted by Crippen LogP contribution is -2.38. The number of amides is 1. The third-order valence-corrected chi connectivity index (χ3v) is 6.46. The fourth-order valence-corrected chi connectivity index (χ4v) is 4.79. The summed E-state index contributed by atoms with van der Waals surface area (Å²) in [6, 6.07) is 10.4. The number of anilines is 2. The van der Waals surface area contributed by atoms with Crippen molar-refractivity contribution in [2.24, 2.45) is 0 Å². The summed E-state index contributed by atoms with van der Waals surface area (Å²) in [7, 11) is -2.03. The Morgan fingerprint density at radius 1 is 1.08 bits per heavy atom. The topological polar surface area (TPSA) is 66.9 Å². The molecule has 6 nitrogen and oxygen atoms in total. The van der Waals surface area contributed by atoms with E-state index in [0.717, 1.165) is 16.8 Å². The maximum absolute atomic E-state index is 13.2. The van der Waals surface area contributed by atoms with Crippen LogP contribution in [0.5, 0.6) is 5.75 Å². The van der Waals surface area contributed by atoms with Gasteiger partial charge in [-0.2, -0.15) is 0 Å². The summed E-state index contributed by atoms with van der Waals surface area (Å²) in [5.41, 5.74) is 3.03. The van der Waals surface area contributed by atoms with Crippen LogP contribution >= 0.6 is 0 Å². The molecule has 0 saturated heterocycles. The number of carbonyl (C=O) groups excluding carboxylic acids is 1. The van der Waals surface area contributed by atoms with E-state index in [2.05, 4.69) is 0 Å². The zero-order valence-corrected chi connectivity index (χ0v) is 14.8. The molecule has 0 aliphatic carbocycles. The van der Waals surface area contributed by atoms with Gasteiger partial charge in [-0.05, 0) is 48.4 Å². The fourth-order valence-electron chi connectivity index (χ4n) is 3.29. The molecular weight excluding hydrogens is 340 g/mol. The van der Waals surface area contributed by atoms with Gasteiger partial charge in [0.2, 0.25) is 5.91 Å². The summed E-state index contributed by atoms with van der Waals surface area (Å²) in [5, 5.41) is 0. The average molecular weight is 358 g/mol. The maximum atomic E-state index is 13.2. The first-order valence-corrected chi connectivity index (χ1v) is 9.47. The van der Waals surface area contributed by atoms with Gasteiger partial charge in [-0.15, -0.1) is 0 Å². The molecule has 2 aliphatic rings. The normalized spacial score (nSPS) is 16.5. The number of likely N-dealkylation sites (N-methyl/N-ethyl adjacent to an activating group) is 1. The second-order valence-electron chi connectivity index (χ2n) is 6.32. The summed E-state index contributed by atoms with van der Waals surface area (Å²) in [5.74, 6) is 0.536. The van der Waals surface area contributed by atoms with E-state index in [1.807, 2.05) is 19.1 Å². The van der Waals surface area contributed by atoms with Gasteiger partial charge in [0.1, 0.15) is 12.4 Å². The van der Waals surface area contributed by atoms with E-state index >= 15 is 0 Å². The molecule has 0 radical (unpaired) electrons. The quantitative estimate of drug-likeness (QED) is 0.825. The van der Waals surface area contributed by atoms with Crippen LogP contribution in [0.2, 0.25) is 0 Å². The number of fused-ring (bicyclic) bond motifs is 2. The van der Waals surface area contributed by atoms with Crippen LogP contribution in [-0.2, 0) is 21.2 Å². The van der Waals surface area contributed by atoms with E-state index in [1.54, 1.807) is 36.2 Å². The third-order valence-electron chi connectivity index (χ3n) is 4.65. The molecule has 2 aromatic carbocycles. The lowest BCUT2D eigenvalue weighted by atomic mass is 10.2. The zero-order valence-electron chi connectivity index (χ0n) is 14.0. The number of benzene rings is 2. The molecule has 0 N–H and O–H groups in total. The summed E-state index contributed by atoms with van der Waals surface area (Å²) in [6.45, 7) is 2.48. The molecule has 0 unspecified atom stereocenters. The number of rotatable bonds is 2. The molecule has 0 saturated carbocycles. The van der Waals surface area contributed by atoms with E-state index < -0.39 is 10.0 Å². The van der Waals surface area contributed by atoms with Gasteiger partial charge < -0.3 is 9.64 Å². The van der Waals surface area contributed by atoms with Crippen LogP contribution < -0.4 is 13.9 Å². The van der Waals surface area contributed by atoms with Crippen molar-refractivity contribution in [2.45, 2.75) is 18.2 Å². The van der Waals surface area contributed by atoms with Crippen LogP contribution in [0, 0.1) is 6.92 Å². The Labute approximate surface area is 146 Å². The number of hydrogen-bond donors (Lipinski definition) is 0. The Kier molecular flexibility index (Phi) is 3.50. The molecule has 7 heteroatoms. The van der Waals surface area contributed by atoms with Gasteiger partial charge in [0, 0.05) is 12.7 Å². The third kappa shape index (κ3) is 2.46. The fraction of sp³-hybridized carbons (Fsp3) is 0.278. The van der Waals surface area contributed by atoms with Crippen molar-refractivity contribution in [3.63, 3.8) is 0 Å². The molecule has 0 aromatic heterocycles. The molecule has 2 heterocycles. The lowest BCUT2D eigenvalue weighted by molar-refractivity contribution is -0.117.